The van der Waals surface area contributed by atoms with Crippen LogP contribution in [0.15, 0.2) is 41.4 Å². The van der Waals surface area contributed by atoms with Gasteiger partial charge in [0.05, 0.1) is 23.9 Å². The Morgan fingerprint density at radius 1 is 1.19 bits per heavy atom. The number of ether oxygens (including phenoxy) is 1. The Labute approximate surface area is 172 Å². The van der Waals surface area contributed by atoms with Gasteiger partial charge in [-0.2, -0.15) is 31.4 Å². The van der Waals surface area contributed by atoms with Crippen LogP contribution in [0.2, 0.25) is 0 Å². The number of aryl methyl sites for hydroxylation is 2. The first-order valence-electron chi connectivity index (χ1n) is 9.18. The first kappa shape index (κ1) is 22.8. The zero-order chi connectivity index (χ0) is 22.8. The minimum atomic E-state index is -4.48. The molecule has 1 aliphatic rings. The van der Waals surface area contributed by atoms with Crippen LogP contribution in [0, 0.1) is 0 Å². The van der Waals surface area contributed by atoms with E-state index in [2.05, 4.69) is 10.1 Å². The molecular formula is C19H18F6N4O2. The minimum Gasteiger partial charge on any atom is -0.364 e. The topological polar surface area (TPSA) is 61.9 Å². The van der Waals surface area contributed by atoms with Gasteiger partial charge in [0.1, 0.15) is 12.4 Å². The van der Waals surface area contributed by atoms with Gasteiger partial charge in [0.2, 0.25) is 0 Å². The number of rotatable bonds is 6. The predicted octanol–water partition coefficient (Wildman–Crippen LogP) is 3.89. The summed E-state index contributed by atoms with van der Waals surface area (Å²) in [5.74, 6) is -0.119. The van der Waals surface area contributed by atoms with Crippen molar-refractivity contribution in [3.63, 3.8) is 0 Å². The van der Waals surface area contributed by atoms with Gasteiger partial charge in [-0.3, -0.25) is 14.0 Å². The van der Waals surface area contributed by atoms with Crippen LogP contribution in [0.5, 0.6) is 0 Å². The number of alkyl halides is 6. The average Bonchev–Trinajstić information content (AvgIpc) is 3.10. The van der Waals surface area contributed by atoms with Crippen molar-refractivity contribution < 1.29 is 31.1 Å². The first-order valence-corrected chi connectivity index (χ1v) is 9.18. The molecule has 1 unspecified atom stereocenters. The van der Waals surface area contributed by atoms with Gasteiger partial charge >= 0.3 is 12.4 Å². The van der Waals surface area contributed by atoms with Crippen molar-refractivity contribution in [3.8, 4) is 11.4 Å². The van der Waals surface area contributed by atoms with Gasteiger partial charge in [-0.15, -0.1) is 0 Å². The number of hydrogen-bond donors (Lipinski definition) is 0. The van der Waals surface area contributed by atoms with E-state index >= 15 is 0 Å². The fraction of sp³-hybridized carbons (Fsp3) is 0.421. The van der Waals surface area contributed by atoms with Crippen molar-refractivity contribution in [1.29, 1.82) is 0 Å². The summed E-state index contributed by atoms with van der Waals surface area (Å²) in [7, 11) is 1.60. The number of aromatic nitrogens is 4. The van der Waals surface area contributed by atoms with Gasteiger partial charge in [0.15, 0.2) is 0 Å². The third-order valence-corrected chi connectivity index (χ3v) is 4.46. The Kier molecular flexibility index (Phi) is 6.39. The van der Waals surface area contributed by atoms with E-state index < -0.39 is 43.5 Å². The molecule has 1 atom stereocenters. The van der Waals surface area contributed by atoms with Crippen molar-refractivity contribution in [2.24, 2.45) is 7.05 Å². The van der Waals surface area contributed by atoms with E-state index in [9.17, 15) is 31.1 Å². The quantitative estimate of drug-likeness (QED) is 0.630. The van der Waals surface area contributed by atoms with Crippen molar-refractivity contribution in [2.75, 3.05) is 6.61 Å². The summed E-state index contributed by atoms with van der Waals surface area (Å²) in [5.41, 5.74) is 0.225. The Morgan fingerprint density at radius 2 is 1.94 bits per heavy atom. The highest BCUT2D eigenvalue weighted by atomic mass is 19.4. The normalized spacial score (nSPS) is 17.1. The highest BCUT2D eigenvalue weighted by Crippen LogP contribution is 2.25. The Bertz CT molecular complexity index is 1050. The summed E-state index contributed by atoms with van der Waals surface area (Å²) in [4.78, 5) is 17.0. The lowest BCUT2D eigenvalue weighted by molar-refractivity contribution is -0.180. The summed E-state index contributed by atoms with van der Waals surface area (Å²) in [6.07, 6.45) is -5.95. The van der Waals surface area contributed by atoms with Crippen LogP contribution in [0.25, 0.3) is 17.1 Å². The van der Waals surface area contributed by atoms with Crippen LogP contribution in [0.1, 0.15) is 18.7 Å². The minimum absolute atomic E-state index is 0.0244. The molecule has 1 aliphatic carbocycles. The highest BCUT2D eigenvalue weighted by molar-refractivity contribution is 5.61. The fourth-order valence-corrected chi connectivity index (χ4v) is 3.06. The maximum absolute atomic E-state index is 12.8. The molecule has 168 valence electrons. The molecule has 0 radical (unpaired) electrons. The SMILES string of the molecule is Cn1nccc1-c1cc(=O)n(C2=CCC(OCC(F)(F)F)C=C2)c(CCC(F)(F)F)n1. The maximum atomic E-state index is 12.8. The second-order valence-electron chi connectivity index (χ2n) is 6.87. The summed E-state index contributed by atoms with van der Waals surface area (Å²) in [5, 5.41) is 3.96. The lowest BCUT2D eigenvalue weighted by atomic mass is 10.1. The molecule has 0 fully saturated rings. The van der Waals surface area contributed by atoms with Crippen LogP contribution in [0.4, 0.5) is 26.3 Å². The molecule has 0 aliphatic heterocycles. The standard InChI is InChI=1S/C19H18F6N4O2/c1-28-15(7-9-26-28)14-10-17(30)29(16(27-14)6-8-18(20,21)22)12-2-4-13(5-3-12)31-11-19(23,24)25/h2-4,7,9-10,13H,5-6,8,11H2,1H3. The van der Waals surface area contributed by atoms with Crippen LogP contribution in [-0.4, -0.2) is 44.4 Å². The molecule has 2 heterocycles. The van der Waals surface area contributed by atoms with Gasteiger partial charge < -0.3 is 4.74 Å². The van der Waals surface area contributed by atoms with E-state index in [0.29, 0.717) is 5.69 Å². The number of hydrogen-bond acceptors (Lipinski definition) is 4. The smallest absolute Gasteiger partial charge is 0.364 e. The molecule has 0 spiro atoms. The Morgan fingerprint density at radius 3 is 2.48 bits per heavy atom. The molecule has 0 bridgehead atoms. The molecule has 3 rings (SSSR count). The number of nitrogens with zero attached hydrogens (tertiary/aromatic N) is 4. The van der Waals surface area contributed by atoms with E-state index in [1.54, 1.807) is 13.1 Å². The third-order valence-electron chi connectivity index (χ3n) is 4.46. The molecule has 6 nitrogen and oxygen atoms in total. The molecule has 2 aromatic heterocycles. The molecule has 0 saturated heterocycles. The van der Waals surface area contributed by atoms with Crippen LogP contribution in [-0.2, 0) is 18.2 Å². The maximum Gasteiger partial charge on any atom is 0.411 e. The summed E-state index contributed by atoms with van der Waals surface area (Å²) in [6, 6.07) is 2.75. The molecule has 2 aromatic rings. The number of allylic oxidation sites excluding steroid dienone is 2. The Hall–Kier alpha value is -2.89. The summed E-state index contributed by atoms with van der Waals surface area (Å²) in [6.45, 7) is -1.43. The van der Waals surface area contributed by atoms with Crippen molar-refractivity contribution in [3.05, 3.63) is 52.7 Å². The zero-order valence-electron chi connectivity index (χ0n) is 16.2. The molecule has 31 heavy (non-hydrogen) atoms. The average molecular weight is 448 g/mol. The van der Waals surface area contributed by atoms with Crippen molar-refractivity contribution >= 4 is 5.70 Å². The molecular weight excluding hydrogens is 430 g/mol. The van der Waals surface area contributed by atoms with E-state index in [0.717, 1.165) is 4.57 Å². The lowest BCUT2D eigenvalue weighted by Crippen LogP contribution is -2.27. The zero-order valence-corrected chi connectivity index (χ0v) is 16.2. The van der Waals surface area contributed by atoms with Gasteiger partial charge in [-0.1, -0.05) is 12.2 Å². The van der Waals surface area contributed by atoms with Crippen molar-refractivity contribution in [2.45, 2.75) is 37.7 Å². The van der Waals surface area contributed by atoms with Crippen molar-refractivity contribution in [1.82, 2.24) is 19.3 Å². The van der Waals surface area contributed by atoms with Gasteiger partial charge in [-0.25, -0.2) is 4.98 Å². The fourth-order valence-electron chi connectivity index (χ4n) is 3.06. The molecule has 0 amide bonds. The Balaban J connectivity index is 1.92. The monoisotopic (exact) mass is 448 g/mol. The highest BCUT2D eigenvalue weighted by Gasteiger charge is 2.30. The van der Waals surface area contributed by atoms with Gasteiger partial charge in [-0.05, 0) is 18.6 Å². The van der Waals surface area contributed by atoms with Crippen LogP contribution < -0.4 is 5.56 Å². The summed E-state index contributed by atoms with van der Waals surface area (Å²) >= 11 is 0. The number of halogens is 6. The molecule has 0 aromatic carbocycles. The van der Waals surface area contributed by atoms with E-state index in [1.807, 2.05) is 0 Å². The summed E-state index contributed by atoms with van der Waals surface area (Å²) < 4.78 is 82.6. The third kappa shape index (κ3) is 6.06. The van der Waals surface area contributed by atoms with Gasteiger partial charge in [0, 0.05) is 31.4 Å². The van der Waals surface area contributed by atoms with Crippen LogP contribution >= 0.6 is 0 Å². The van der Waals surface area contributed by atoms with E-state index in [-0.39, 0.29) is 23.6 Å². The predicted molar refractivity (Wildman–Crippen MR) is 98.9 cm³/mol. The second kappa shape index (κ2) is 8.69. The largest absolute Gasteiger partial charge is 0.411 e. The molecule has 0 N–H and O–H groups in total. The van der Waals surface area contributed by atoms with E-state index in [1.165, 1.54) is 35.2 Å². The van der Waals surface area contributed by atoms with E-state index in [4.69, 9.17) is 4.74 Å². The van der Waals surface area contributed by atoms with Gasteiger partial charge in [0.25, 0.3) is 5.56 Å². The second-order valence-corrected chi connectivity index (χ2v) is 6.87. The first-order chi connectivity index (χ1) is 14.4. The molecule has 0 saturated carbocycles. The lowest BCUT2D eigenvalue weighted by Gasteiger charge is -2.21. The van der Waals surface area contributed by atoms with Crippen LogP contribution in [0.3, 0.4) is 0 Å². The molecule has 12 heteroatoms.